The fourth-order valence-corrected chi connectivity index (χ4v) is 5.51. The van der Waals surface area contributed by atoms with Crippen LogP contribution >= 0.6 is 0 Å². The molecule has 41 heavy (non-hydrogen) atoms. The summed E-state index contributed by atoms with van der Waals surface area (Å²) in [6.45, 7) is 7.23. The Hall–Kier alpha value is -4.26. The van der Waals surface area contributed by atoms with Gasteiger partial charge in [0.1, 0.15) is 17.6 Å². The number of aliphatic hydroxyl groups is 1. The van der Waals surface area contributed by atoms with Crippen molar-refractivity contribution in [1.29, 1.82) is 0 Å². The lowest BCUT2D eigenvalue weighted by atomic mass is 9.94. The summed E-state index contributed by atoms with van der Waals surface area (Å²) in [4.78, 5) is 28.6. The molecule has 1 fully saturated rings. The molecule has 0 radical (unpaired) electrons. The first-order valence-electron chi connectivity index (χ1n) is 14.4. The maximum atomic E-state index is 13.6. The number of Topliss-reactive ketones (excluding diaryl/α,β-unsaturated/α-hetero) is 1. The molecule has 0 bridgehead atoms. The van der Waals surface area contributed by atoms with Crippen molar-refractivity contribution in [2.45, 2.75) is 65.1 Å². The normalized spacial score (nSPS) is 19.2. The number of hydrogen-bond donors (Lipinski definition) is 1. The lowest BCUT2D eigenvalue weighted by Gasteiger charge is -2.26. The van der Waals surface area contributed by atoms with Crippen LogP contribution in [0, 0.1) is 0 Å². The summed E-state index contributed by atoms with van der Waals surface area (Å²) >= 11 is 0. The summed E-state index contributed by atoms with van der Waals surface area (Å²) in [5.41, 5.74) is 3.02. The number of rotatable bonds is 11. The van der Waals surface area contributed by atoms with Crippen molar-refractivity contribution in [3.05, 3.63) is 94.6 Å². The lowest BCUT2D eigenvalue weighted by molar-refractivity contribution is -0.140. The third-order valence-corrected chi connectivity index (χ3v) is 7.49. The molecular weight excluding hydrogens is 518 g/mol. The van der Waals surface area contributed by atoms with Crippen LogP contribution in [0.25, 0.3) is 5.76 Å². The second-order valence-electron chi connectivity index (χ2n) is 10.6. The summed E-state index contributed by atoms with van der Waals surface area (Å²) < 4.78 is 17.8. The van der Waals surface area contributed by atoms with Crippen LogP contribution in [0.3, 0.4) is 0 Å². The minimum atomic E-state index is -0.813. The number of benzene rings is 3. The number of ether oxygens (including phenoxy) is 3. The summed E-state index contributed by atoms with van der Waals surface area (Å²) in [6.07, 6.45) is 3.85. The zero-order chi connectivity index (χ0) is 28.9. The standard InChI is InChI=1S/C34H37NO6/c1-4-6-10-17-40-28-16-13-24(20-29(28)39-5-2)31-30(32(36)25-14-15-27-26(19-25)18-22(3)41-27)33(37)34(38)35(31)21-23-11-8-7-9-12-23/h7-9,11-16,19-20,22,31,36H,4-6,10,17-18,21H2,1-3H3/b32-30+/t22-,31+/m0/s1. The van der Waals surface area contributed by atoms with Gasteiger partial charge in [0.2, 0.25) is 0 Å². The highest BCUT2D eigenvalue weighted by atomic mass is 16.5. The predicted octanol–water partition coefficient (Wildman–Crippen LogP) is 6.60. The molecule has 0 saturated carbocycles. The minimum Gasteiger partial charge on any atom is -0.507 e. The number of nitrogens with zero attached hydrogens (tertiary/aromatic N) is 1. The van der Waals surface area contributed by atoms with E-state index in [-0.39, 0.29) is 24.0 Å². The first kappa shape index (κ1) is 28.3. The van der Waals surface area contributed by atoms with E-state index in [1.807, 2.05) is 68.4 Å². The number of hydrogen-bond acceptors (Lipinski definition) is 6. The van der Waals surface area contributed by atoms with Gasteiger partial charge in [0.15, 0.2) is 11.5 Å². The van der Waals surface area contributed by atoms with Gasteiger partial charge in [0.25, 0.3) is 11.7 Å². The molecule has 0 aromatic heterocycles. The number of ketones is 1. The highest BCUT2D eigenvalue weighted by Crippen LogP contribution is 2.43. The average Bonchev–Trinajstić information content (AvgIpc) is 3.47. The van der Waals surface area contributed by atoms with E-state index in [2.05, 4.69) is 6.92 Å². The van der Waals surface area contributed by atoms with Gasteiger partial charge in [-0.25, -0.2) is 0 Å². The largest absolute Gasteiger partial charge is 0.507 e. The fourth-order valence-electron chi connectivity index (χ4n) is 5.51. The SMILES string of the molecule is CCCCCOc1ccc([C@@H]2/C(=C(\O)c3ccc4c(c3)C[C@H](C)O4)C(=O)C(=O)N2Cc2ccccc2)cc1OCC. The smallest absolute Gasteiger partial charge is 0.295 e. The predicted molar refractivity (Wildman–Crippen MR) is 157 cm³/mol. The zero-order valence-electron chi connectivity index (χ0n) is 23.9. The molecule has 3 aromatic rings. The van der Waals surface area contributed by atoms with Gasteiger partial charge in [-0.1, -0.05) is 56.2 Å². The van der Waals surface area contributed by atoms with E-state index >= 15 is 0 Å². The highest BCUT2D eigenvalue weighted by molar-refractivity contribution is 6.46. The van der Waals surface area contributed by atoms with Crippen molar-refractivity contribution in [3.8, 4) is 17.2 Å². The van der Waals surface area contributed by atoms with Crippen LogP contribution in [0.2, 0.25) is 0 Å². The van der Waals surface area contributed by atoms with Crippen LogP contribution in [-0.4, -0.2) is 41.0 Å². The molecule has 1 N–H and O–H groups in total. The van der Waals surface area contributed by atoms with Crippen LogP contribution in [-0.2, 0) is 22.6 Å². The molecule has 1 amide bonds. The Labute approximate surface area is 241 Å². The van der Waals surface area contributed by atoms with E-state index < -0.39 is 17.7 Å². The van der Waals surface area contributed by atoms with Gasteiger partial charge in [-0.2, -0.15) is 0 Å². The molecule has 2 atom stereocenters. The van der Waals surface area contributed by atoms with Crippen LogP contribution in [0.5, 0.6) is 17.2 Å². The van der Waals surface area contributed by atoms with Crippen molar-refractivity contribution >= 4 is 17.4 Å². The minimum absolute atomic E-state index is 0.0403. The molecule has 0 spiro atoms. The summed E-state index contributed by atoms with van der Waals surface area (Å²) in [6, 6.07) is 19.6. The molecule has 3 aromatic carbocycles. The monoisotopic (exact) mass is 555 g/mol. The maximum Gasteiger partial charge on any atom is 0.295 e. The molecule has 0 unspecified atom stereocenters. The van der Waals surface area contributed by atoms with E-state index in [0.717, 1.165) is 36.1 Å². The van der Waals surface area contributed by atoms with Crippen LogP contribution < -0.4 is 14.2 Å². The van der Waals surface area contributed by atoms with E-state index in [4.69, 9.17) is 14.2 Å². The third-order valence-electron chi connectivity index (χ3n) is 7.49. The Morgan fingerprint density at radius 3 is 2.54 bits per heavy atom. The second kappa shape index (κ2) is 12.5. The van der Waals surface area contributed by atoms with Crippen LogP contribution in [0.15, 0.2) is 72.3 Å². The topological polar surface area (TPSA) is 85.3 Å². The Balaban J connectivity index is 1.59. The van der Waals surface area contributed by atoms with Gasteiger partial charge in [-0.3, -0.25) is 9.59 Å². The molecule has 2 aliphatic heterocycles. The number of likely N-dealkylation sites (tertiary alicyclic amines) is 1. The number of fused-ring (bicyclic) bond motifs is 1. The van der Waals surface area contributed by atoms with Gasteiger partial charge in [0.05, 0.1) is 24.8 Å². The maximum absolute atomic E-state index is 13.6. The van der Waals surface area contributed by atoms with Crippen LogP contribution in [0.4, 0.5) is 0 Å². The lowest BCUT2D eigenvalue weighted by Crippen LogP contribution is -2.29. The van der Waals surface area contributed by atoms with E-state index in [9.17, 15) is 14.7 Å². The van der Waals surface area contributed by atoms with Gasteiger partial charge in [-0.05, 0) is 67.3 Å². The van der Waals surface area contributed by atoms with Gasteiger partial charge < -0.3 is 24.2 Å². The molecule has 2 aliphatic rings. The zero-order valence-corrected chi connectivity index (χ0v) is 23.9. The number of aliphatic hydroxyl groups excluding tert-OH is 1. The number of carbonyl (C=O) groups is 2. The number of unbranched alkanes of at least 4 members (excludes halogenated alkanes) is 2. The average molecular weight is 556 g/mol. The third kappa shape index (κ3) is 5.94. The summed E-state index contributed by atoms with van der Waals surface area (Å²) in [7, 11) is 0. The molecule has 7 nitrogen and oxygen atoms in total. The highest BCUT2D eigenvalue weighted by Gasteiger charge is 2.46. The number of carbonyl (C=O) groups excluding carboxylic acids is 2. The van der Waals surface area contributed by atoms with Crippen molar-refractivity contribution in [1.82, 2.24) is 4.90 Å². The molecule has 1 saturated heterocycles. The van der Waals surface area contributed by atoms with E-state index in [1.54, 1.807) is 12.1 Å². The molecule has 214 valence electrons. The van der Waals surface area contributed by atoms with Gasteiger partial charge in [0, 0.05) is 18.5 Å². The van der Waals surface area contributed by atoms with Gasteiger partial charge >= 0.3 is 0 Å². The molecule has 0 aliphatic carbocycles. The van der Waals surface area contributed by atoms with Crippen molar-refractivity contribution in [2.75, 3.05) is 13.2 Å². The van der Waals surface area contributed by atoms with Crippen molar-refractivity contribution < 1.29 is 28.9 Å². The van der Waals surface area contributed by atoms with E-state index in [0.29, 0.717) is 42.3 Å². The molecule has 5 rings (SSSR count). The first-order valence-corrected chi connectivity index (χ1v) is 14.4. The summed E-state index contributed by atoms with van der Waals surface area (Å²) in [5, 5.41) is 11.6. The fraction of sp³-hybridized carbons (Fsp3) is 0.353. The van der Waals surface area contributed by atoms with Crippen molar-refractivity contribution in [2.24, 2.45) is 0 Å². The van der Waals surface area contributed by atoms with E-state index in [1.165, 1.54) is 4.90 Å². The Bertz CT molecular complexity index is 1450. The van der Waals surface area contributed by atoms with Gasteiger partial charge in [-0.15, -0.1) is 0 Å². The first-order chi connectivity index (χ1) is 19.9. The quantitative estimate of drug-likeness (QED) is 0.124. The van der Waals surface area contributed by atoms with Crippen LogP contribution in [0.1, 0.15) is 68.3 Å². The second-order valence-corrected chi connectivity index (χ2v) is 10.6. The Morgan fingerprint density at radius 2 is 1.78 bits per heavy atom. The number of amides is 1. The molecular formula is C34H37NO6. The van der Waals surface area contributed by atoms with Crippen molar-refractivity contribution in [3.63, 3.8) is 0 Å². The molecule has 2 heterocycles. The summed E-state index contributed by atoms with van der Waals surface area (Å²) in [5.74, 6) is 0.341. The molecule has 7 heteroatoms. The Kier molecular flexibility index (Phi) is 8.62. The Morgan fingerprint density at radius 1 is 0.976 bits per heavy atom.